The molecule has 1 aliphatic heterocycles. The van der Waals surface area contributed by atoms with Crippen molar-refractivity contribution in [3.63, 3.8) is 0 Å². The molecule has 0 fully saturated rings. The molecule has 2 rings (SSSR count). The molecule has 1 N–H and O–H groups in total. The predicted molar refractivity (Wildman–Crippen MR) is 42.8 cm³/mol. The van der Waals surface area contributed by atoms with Gasteiger partial charge < -0.3 is 0 Å². The smallest absolute Gasteiger partial charge is 0.288 e. The van der Waals surface area contributed by atoms with E-state index in [2.05, 4.69) is 0 Å². The van der Waals surface area contributed by atoms with E-state index < -0.39 is 16.7 Å². The number of carbonyl (C=O) groups excluding carboxylic acids is 2. The first kappa shape index (κ1) is 7.87. The maximum Gasteiger partial charge on any atom is 0.337 e. The number of imide groups is 1. The highest BCUT2D eigenvalue weighted by Crippen LogP contribution is 2.32. The third-order valence-electron chi connectivity index (χ3n) is 1.64. The van der Waals surface area contributed by atoms with Crippen LogP contribution in [0.4, 0.5) is 5.00 Å². The van der Waals surface area contributed by atoms with Gasteiger partial charge in [0.15, 0.2) is 0 Å². The lowest BCUT2D eigenvalue weighted by molar-refractivity contribution is -0.380. The Morgan fingerprint density at radius 3 is 2.69 bits per heavy atom. The molecular formula is C6H2N2O4S. The van der Waals surface area contributed by atoms with Crippen molar-refractivity contribution in [2.45, 2.75) is 0 Å². The van der Waals surface area contributed by atoms with Crippen LogP contribution in [0.1, 0.15) is 20.7 Å². The summed E-state index contributed by atoms with van der Waals surface area (Å²) in [6.07, 6.45) is 0. The standard InChI is InChI=1S/C6H2N2O4S/c9-4-2-1-13-6(8(11)12)3(2)5(10)7-4/h1H,(H,7,9,10). The predicted octanol–water partition coefficient (Wildman–Crippen LogP) is 0.540. The molecule has 0 bridgehead atoms. The highest BCUT2D eigenvalue weighted by molar-refractivity contribution is 7.14. The normalized spacial score (nSPS) is 14.2. The molecule has 66 valence electrons. The van der Waals surface area contributed by atoms with Gasteiger partial charge in [0.05, 0.1) is 10.5 Å². The largest absolute Gasteiger partial charge is 0.337 e. The Kier molecular flexibility index (Phi) is 1.43. The molecule has 13 heavy (non-hydrogen) atoms. The minimum absolute atomic E-state index is 0.0988. The zero-order chi connectivity index (χ0) is 9.59. The Morgan fingerprint density at radius 1 is 1.38 bits per heavy atom. The fraction of sp³-hybridized carbons (Fsp3) is 0. The Morgan fingerprint density at radius 2 is 2.08 bits per heavy atom. The lowest BCUT2D eigenvalue weighted by atomic mass is 10.2. The van der Waals surface area contributed by atoms with Gasteiger partial charge in [-0.15, -0.1) is 0 Å². The molecule has 0 aromatic carbocycles. The Labute approximate surface area is 75.3 Å². The van der Waals surface area contributed by atoms with E-state index in [0.29, 0.717) is 0 Å². The third-order valence-corrected chi connectivity index (χ3v) is 2.57. The molecule has 0 unspecified atom stereocenters. The van der Waals surface area contributed by atoms with Crippen LogP contribution in [-0.2, 0) is 0 Å². The van der Waals surface area contributed by atoms with Crippen LogP contribution in [0.5, 0.6) is 0 Å². The van der Waals surface area contributed by atoms with E-state index in [1.807, 2.05) is 5.32 Å². The fourth-order valence-corrected chi connectivity index (χ4v) is 1.96. The lowest BCUT2D eigenvalue weighted by Gasteiger charge is -1.87. The fourth-order valence-electron chi connectivity index (χ4n) is 1.10. The number of fused-ring (bicyclic) bond motifs is 1. The SMILES string of the molecule is O=C1NC(=O)c2c1csc2[N+](=O)[O-]. The van der Waals surface area contributed by atoms with Crippen molar-refractivity contribution < 1.29 is 14.5 Å². The number of nitro groups is 1. The molecule has 0 spiro atoms. The van der Waals surface area contributed by atoms with Gasteiger partial charge in [-0.3, -0.25) is 25.0 Å². The molecule has 0 radical (unpaired) electrons. The first-order valence-corrected chi connectivity index (χ1v) is 4.11. The molecule has 6 nitrogen and oxygen atoms in total. The summed E-state index contributed by atoms with van der Waals surface area (Å²) in [7, 11) is 0. The van der Waals surface area contributed by atoms with Crippen molar-refractivity contribution in [2.75, 3.05) is 0 Å². The second-order valence-electron chi connectivity index (χ2n) is 2.37. The molecule has 1 aliphatic rings. The van der Waals surface area contributed by atoms with E-state index >= 15 is 0 Å². The van der Waals surface area contributed by atoms with Crippen LogP contribution >= 0.6 is 11.3 Å². The van der Waals surface area contributed by atoms with Crippen molar-refractivity contribution in [1.29, 1.82) is 0 Å². The van der Waals surface area contributed by atoms with E-state index in [9.17, 15) is 19.7 Å². The maximum absolute atomic E-state index is 11.0. The minimum atomic E-state index is -0.687. The number of amides is 2. The summed E-state index contributed by atoms with van der Waals surface area (Å²) in [6.45, 7) is 0. The molecule has 1 aromatic heterocycles. The molecule has 1 aromatic rings. The van der Waals surface area contributed by atoms with Gasteiger partial charge in [-0.2, -0.15) is 0 Å². The second-order valence-corrected chi connectivity index (χ2v) is 3.23. The Balaban J connectivity index is 2.67. The van der Waals surface area contributed by atoms with Crippen LogP contribution in [0, 0.1) is 10.1 Å². The first-order valence-electron chi connectivity index (χ1n) is 3.23. The van der Waals surface area contributed by atoms with E-state index in [1.165, 1.54) is 5.38 Å². The van der Waals surface area contributed by atoms with Crippen LogP contribution in [0.3, 0.4) is 0 Å². The number of nitrogens with one attached hydrogen (secondary N) is 1. The molecule has 0 saturated carbocycles. The molecule has 2 heterocycles. The summed E-state index contributed by atoms with van der Waals surface area (Å²) >= 11 is 0.787. The highest BCUT2D eigenvalue weighted by Gasteiger charge is 2.36. The van der Waals surface area contributed by atoms with Gasteiger partial charge in [0.25, 0.3) is 11.8 Å². The van der Waals surface area contributed by atoms with Crippen LogP contribution in [0.25, 0.3) is 0 Å². The Hall–Kier alpha value is -1.76. The lowest BCUT2D eigenvalue weighted by Crippen LogP contribution is -2.20. The van der Waals surface area contributed by atoms with Gasteiger partial charge in [-0.1, -0.05) is 11.3 Å². The van der Waals surface area contributed by atoms with E-state index in [0.717, 1.165) is 11.3 Å². The summed E-state index contributed by atoms with van der Waals surface area (Å²) in [5, 5.41) is 13.4. The maximum atomic E-state index is 11.0. The number of nitrogens with zero attached hydrogens (tertiary/aromatic N) is 1. The topological polar surface area (TPSA) is 89.3 Å². The van der Waals surface area contributed by atoms with Gasteiger partial charge >= 0.3 is 5.00 Å². The van der Waals surface area contributed by atoms with Crippen LogP contribution in [0.15, 0.2) is 5.38 Å². The molecular weight excluding hydrogens is 196 g/mol. The van der Waals surface area contributed by atoms with Gasteiger partial charge in [0, 0.05) is 5.38 Å². The summed E-state index contributed by atoms with van der Waals surface area (Å²) in [5.74, 6) is -1.25. The summed E-state index contributed by atoms with van der Waals surface area (Å²) in [6, 6.07) is 0. The summed E-state index contributed by atoms with van der Waals surface area (Å²) < 4.78 is 0. The monoisotopic (exact) mass is 198 g/mol. The van der Waals surface area contributed by atoms with Gasteiger partial charge in [0.2, 0.25) is 0 Å². The highest BCUT2D eigenvalue weighted by atomic mass is 32.1. The number of rotatable bonds is 1. The van der Waals surface area contributed by atoms with Crippen molar-refractivity contribution in [3.8, 4) is 0 Å². The zero-order valence-corrected chi connectivity index (χ0v) is 6.88. The quantitative estimate of drug-likeness (QED) is 0.405. The van der Waals surface area contributed by atoms with E-state index in [1.54, 1.807) is 0 Å². The number of hydrogen-bond donors (Lipinski definition) is 1. The minimum Gasteiger partial charge on any atom is -0.288 e. The molecule has 7 heteroatoms. The van der Waals surface area contributed by atoms with Crippen LogP contribution in [0.2, 0.25) is 0 Å². The van der Waals surface area contributed by atoms with Crippen molar-refractivity contribution in [1.82, 2.24) is 5.32 Å². The van der Waals surface area contributed by atoms with Gasteiger partial charge in [0.1, 0.15) is 5.56 Å². The number of thiophene rings is 1. The molecule has 0 saturated heterocycles. The van der Waals surface area contributed by atoms with Crippen molar-refractivity contribution in [2.24, 2.45) is 0 Å². The van der Waals surface area contributed by atoms with Gasteiger partial charge in [-0.25, -0.2) is 0 Å². The zero-order valence-electron chi connectivity index (χ0n) is 6.07. The number of carbonyl (C=O) groups is 2. The molecule has 0 aliphatic carbocycles. The Bertz CT molecular complexity index is 436. The average molecular weight is 198 g/mol. The van der Waals surface area contributed by atoms with Crippen molar-refractivity contribution >= 4 is 28.2 Å². The average Bonchev–Trinajstić information content (AvgIpc) is 2.55. The van der Waals surface area contributed by atoms with Crippen LogP contribution < -0.4 is 5.32 Å². The molecule has 0 atom stereocenters. The number of hydrogen-bond acceptors (Lipinski definition) is 5. The summed E-state index contributed by atoms with van der Waals surface area (Å²) in [4.78, 5) is 31.7. The molecule has 2 amide bonds. The van der Waals surface area contributed by atoms with Gasteiger partial charge in [-0.05, 0) is 0 Å². The second kappa shape index (κ2) is 2.36. The summed E-state index contributed by atoms with van der Waals surface area (Å²) in [5.41, 5.74) is -0.0123. The van der Waals surface area contributed by atoms with E-state index in [4.69, 9.17) is 0 Å². The van der Waals surface area contributed by atoms with E-state index in [-0.39, 0.29) is 16.1 Å². The third kappa shape index (κ3) is 0.937. The first-order chi connectivity index (χ1) is 6.11. The van der Waals surface area contributed by atoms with Crippen LogP contribution in [-0.4, -0.2) is 16.7 Å². The van der Waals surface area contributed by atoms with Crippen molar-refractivity contribution in [3.05, 3.63) is 26.6 Å².